The Morgan fingerprint density at radius 1 is 1.17 bits per heavy atom. The van der Waals surface area contributed by atoms with Gasteiger partial charge in [-0.05, 0) is 0 Å². The van der Waals surface area contributed by atoms with E-state index in [1.807, 2.05) is 0 Å². The van der Waals surface area contributed by atoms with Gasteiger partial charge in [0.1, 0.15) is 0 Å². The zero-order valence-corrected chi connectivity index (χ0v) is 5.49. The Hall–Kier alpha value is -0.221. The van der Waals surface area contributed by atoms with Crippen molar-refractivity contribution in [2.75, 3.05) is 0 Å². The van der Waals surface area contributed by atoms with Crippen LogP contribution in [0.25, 0.3) is 0 Å². The minimum absolute atomic E-state index is 0.250. The SMILES string of the molecule is O=C=O.[O]=[Sn]=[O]. The first-order chi connectivity index (χ1) is 2.83. The predicted octanol–water partition coefficient (Wildman–Crippen LogP) is -1.20. The Kier molecular flexibility index (Phi) is 33.2. The van der Waals surface area contributed by atoms with Gasteiger partial charge < -0.3 is 0 Å². The van der Waals surface area contributed by atoms with Crippen molar-refractivity contribution in [2.45, 2.75) is 0 Å². The van der Waals surface area contributed by atoms with E-state index in [1.165, 1.54) is 0 Å². The standard InChI is InChI=1S/CO2.2O.Sn/c2-1-3;;;. The van der Waals surface area contributed by atoms with Crippen molar-refractivity contribution in [1.82, 2.24) is 0 Å². The van der Waals surface area contributed by atoms with E-state index in [0.29, 0.717) is 0 Å². The summed E-state index contributed by atoms with van der Waals surface area (Å²) < 4.78 is 17.1. The van der Waals surface area contributed by atoms with E-state index in [4.69, 9.17) is 15.7 Å². The second-order valence-corrected chi connectivity index (χ2v) is 0.642. The van der Waals surface area contributed by atoms with Crippen LogP contribution >= 0.6 is 0 Å². The van der Waals surface area contributed by atoms with Gasteiger partial charge in [0.2, 0.25) is 0 Å². The van der Waals surface area contributed by atoms with E-state index in [1.54, 1.807) is 0 Å². The van der Waals surface area contributed by atoms with Crippen LogP contribution in [0, 0.1) is 0 Å². The molecule has 0 amide bonds. The quantitative estimate of drug-likeness (QED) is 0.455. The molecule has 0 unspecified atom stereocenters. The van der Waals surface area contributed by atoms with E-state index in [2.05, 4.69) is 0 Å². The van der Waals surface area contributed by atoms with Gasteiger partial charge in [0.05, 0.1) is 0 Å². The molecule has 0 spiro atoms. The van der Waals surface area contributed by atoms with Gasteiger partial charge in [-0.3, -0.25) is 0 Å². The van der Waals surface area contributed by atoms with Gasteiger partial charge in [0.15, 0.2) is 0 Å². The molecule has 5 heteroatoms. The van der Waals surface area contributed by atoms with Gasteiger partial charge in [0, 0.05) is 0 Å². The Labute approximate surface area is 43.5 Å². The fourth-order valence-corrected chi connectivity index (χ4v) is 0. The second-order valence-electron chi connectivity index (χ2n) is 0.167. The van der Waals surface area contributed by atoms with Crippen molar-refractivity contribution in [3.8, 4) is 0 Å². The first-order valence-electron chi connectivity index (χ1n) is 0.816. The first-order valence-corrected chi connectivity index (χ1v) is 3.15. The third-order valence-electron chi connectivity index (χ3n) is 0. The van der Waals surface area contributed by atoms with Crippen LogP contribution in [0.4, 0.5) is 0 Å². The molecule has 0 saturated heterocycles. The van der Waals surface area contributed by atoms with Crippen molar-refractivity contribution in [3.05, 3.63) is 0 Å². The summed E-state index contributed by atoms with van der Waals surface area (Å²) in [5.74, 6) is 0. The Morgan fingerprint density at radius 2 is 1.17 bits per heavy atom. The van der Waals surface area contributed by atoms with Crippen molar-refractivity contribution in [2.24, 2.45) is 0 Å². The molecule has 0 aromatic heterocycles. The van der Waals surface area contributed by atoms with Crippen molar-refractivity contribution >= 4 is 27.3 Å². The normalized spacial score (nSPS) is 2.67. The van der Waals surface area contributed by atoms with E-state index in [9.17, 15) is 0 Å². The van der Waals surface area contributed by atoms with E-state index in [0.717, 1.165) is 0 Å². The zero-order chi connectivity index (χ0) is 5.41. The van der Waals surface area contributed by atoms with Crippen LogP contribution in [0.15, 0.2) is 0 Å². The summed E-state index contributed by atoms with van der Waals surface area (Å²) in [7, 11) is 0. The minimum atomic E-state index is -2.27. The predicted molar refractivity (Wildman–Crippen MR) is 12.1 cm³/mol. The molecule has 0 aliphatic rings. The Morgan fingerprint density at radius 3 is 1.17 bits per heavy atom. The molecule has 0 rings (SSSR count). The fourth-order valence-electron chi connectivity index (χ4n) is 0. The maximum atomic E-state index is 8.54. The molecule has 0 aliphatic heterocycles. The molecule has 6 heavy (non-hydrogen) atoms. The van der Waals surface area contributed by atoms with Gasteiger partial charge in [-0.25, -0.2) is 0 Å². The van der Waals surface area contributed by atoms with Crippen molar-refractivity contribution < 1.29 is 15.7 Å². The van der Waals surface area contributed by atoms with Gasteiger partial charge in [0.25, 0.3) is 0 Å². The van der Waals surface area contributed by atoms with E-state index in [-0.39, 0.29) is 6.15 Å². The first kappa shape index (κ1) is 9.24. The number of carbonyl (C=O) groups excluding carboxylic acids is 2. The third-order valence-corrected chi connectivity index (χ3v) is 0. The summed E-state index contributed by atoms with van der Waals surface area (Å²) in [6.45, 7) is 0. The second kappa shape index (κ2) is 21.6. The van der Waals surface area contributed by atoms with Crippen LogP contribution in [0.5, 0.6) is 0 Å². The van der Waals surface area contributed by atoms with E-state index < -0.39 is 21.1 Å². The van der Waals surface area contributed by atoms with Crippen molar-refractivity contribution in [3.63, 3.8) is 0 Å². The summed E-state index contributed by atoms with van der Waals surface area (Å²) in [5.41, 5.74) is 0. The van der Waals surface area contributed by atoms with Crippen LogP contribution in [-0.2, 0) is 15.7 Å². The summed E-state index contributed by atoms with van der Waals surface area (Å²) >= 11 is -2.27. The molecule has 0 fully saturated rings. The van der Waals surface area contributed by atoms with E-state index >= 15 is 0 Å². The van der Waals surface area contributed by atoms with Crippen LogP contribution in [-0.4, -0.2) is 27.3 Å². The molecule has 4 nitrogen and oxygen atoms in total. The molecule has 0 atom stereocenters. The van der Waals surface area contributed by atoms with Gasteiger partial charge >= 0.3 is 33.4 Å². The molecule has 0 bridgehead atoms. The molecule has 0 radical (unpaired) electrons. The number of hydrogen-bond acceptors (Lipinski definition) is 4. The molecular formula is CO4Sn. The summed E-state index contributed by atoms with van der Waals surface area (Å²) in [6, 6.07) is 0. The molecule has 0 N–H and O–H groups in total. The topological polar surface area (TPSA) is 68.3 Å². The van der Waals surface area contributed by atoms with Crippen LogP contribution < -0.4 is 0 Å². The summed E-state index contributed by atoms with van der Waals surface area (Å²) in [4.78, 5) is 16.2. The van der Waals surface area contributed by atoms with Crippen molar-refractivity contribution in [1.29, 1.82) is 0 Å². The third kappa shape index (κ3) is 596. The van der Waals surface area contributed by atoms with Gasteiger partial charge in [-0.1, -0.05) is 0 Å². The molecule has 0 aromatic rings. The Balaban J connectivity index is 0. The fraction of sp³-hybridized carbons (Fsp3) is 0. The molecule has 0 aromatic carbocycles. The molecule has 0 saturated carbocycles. The maximum absolute atomic E-state index is 8.54. The average Bonchev–Trinajstić information content (AvgIpc) is 1.39. The monoisotopic (exact) mass is 196 g/mol. The molecule has 32 valence electrons. The zero-order valence-electron chi connectivity index (χ0n) is 2.63. The summed E-state index contributed by atoms with van der Waals surface area (Å²) in [6.07, 6.45) is 0.250. The molecule has 0 heterocycles. The molecular weight excluding hydrogens is 195 g/mol. The average molecular weight is 195 g/mol. The Bertz CT molecular complexity index is 61.5. The van der Waals surface area contributed by atoms with Crippen LogP contribution in [0.3, 0.4) is 0 Å². The summed E-state index contributed by atoms with van der Waals surface area (Å²) in [5, 5.41) is 0. The number of hydrogen-bond donors (Lipinski definition) is 0. The van der Waals surface area contributed by atoms with Crippen LogP contribution in [0.2, 0.25) is 0 Å². The number of rotatable bonds is 0. The van der Waals surface area contributed by atoms with Crippen LogP contribution in [0.1, 0.15) is 0 Å². The van der Waals surface area contributed by atoms with Gasteiger partial charge in [-0.15, -0.1) is 0 Å². The van der Waals surface area contributed by atoms with Gasteiger partial charge in [-0.2, -0.15) is 9.59 Å². The molecule has 0 aliphatic carbocycles.